The molecule has 0 aliphatic rings. The monoisotopic (exact) mass is 249 g/mol. The second kappa shape index (κ2) is 4.88. The van der Waals surface area contributed by atoms with Crippen molar-refractivity contribution in [2.24, 2.45) is 0 Å². The van der Waals surface area contributed by atoms with Crippen LogP contribution in [0.1, 0.15) is 36.8 Å². The van der Waals surface area contributed by atoms with Crippen LogP contribution in [0, 0.1) is 6.92 Å². The smallest absolute Gasteiger partial charge is 0.225 e. The fraction of sp³-hybridized carbons (Fsp3) is 0.385. The number of halogens is 1. The maximum Gasteiger partial charge on any atom is 0.225 e. The Morgan fingerprint density at radius 2 is 2.00 bits per heavy atom. The van der Waals surface area contributed by atoms with E-state index in [0.717, 1.165) is 12.2 Å². The molecule has 4 heteroatoms. The molecular weight excluding hydrogens is 234 g/mol. The SMILES string of the molecule is CCc1nnc(Cl)n1C(C)c1ccccc1C. The molecule has 1 unspecified atom stereocenters. The topological polar surface area (TPSA) is 30.7 Å². The Kier molecular flexibility index (Phi) is 3.48. The van der Waals surface area contributed by atoms with Gasteiger partial charge in [0.15, 0.2) is 0 Å². The van der Waals surface area contributed by atoms with E-state index >= 15 is 0 Å². The quantitative estimate of drug-likeness (QED) is 0.835. The molecule has 0 saturated carbocycles. The average Bonchev–Trinajstić information content (AvgIpc) is 2.70. The van der Waals surface area contributed by atoms with Gasteiger partial charge in [-0.1, -0.05) is 31.2 Å². The minimum atomic E-state index is 0.161. The number of aryl methyl sites for hydroxylation is 2. The Labute approximate surface area is 106 Å². The number of nitrogens with zero attached hydrogens (tertiary/aromatic N) is 3. The molecule has 0 radical (unpaired) electrons. The average molecular weight is 250 g/mol. The molecule has 2 rings (SSSR count). The molecule has 90 valence electrons. The third kappa shape index (κ3) is 2.20. The van der Waals surface area contributed by atoms with Crippen LogP contribution in [0.2, 0.25) is 5.28 Å². The summed E-state index contributed by atoms with van der Waals surface area (Å²) in [6.45, 7) is 6.29. The first-order valence-corrected chi connectivity index (χ1v) is 6.17. The van der Waals surface area contributed by atoms with Crippen LogP contribution in [0.15, 0.2) is 24.3 Å². The van der Waals surface area contributed by atoms with E-state index in [1.165, 1.54) is 11.1 Å². The molecule has 1 heterocycles. The van der Waals surface area contributed by atoms with Gasteiger partial charge >= 0.3 is 0 Å². The van der Waals surface area contributed by atoms with Crippen molar-refractivity contribution in [3.8, 4) is 0 Å². The van der Waals surface area contributed by atoms with Crippen molar-refractivity contribution in [2.75, 3.05) is 0 Å². The molecule has 0 amide bonds. The molecule has 0 aliphatic heterocycles. The highest BCUT2D eigenvalue weighted by Crippen LogP contribution is 2.25. The van der Waals surface area contributed by atoms with Crippen molar-refractivity contribution in [2.45, 2.75) is 33.2 Å². The predicted octanol–water partition coefficient (Wildman–Crippen LogP) is 3.41. The molecule has 0 saturated heterocycles. The van der Waals surface area contributed by atoms with Gasteiger partial charge in [-0.05, 0) is 36.6 Å². The van der Waals surface area contributed by atoms with Crippen LogP contribution >= 0.6 is 11.6 Å². The Bertz CT molecular complexity index is 519. The Hall–Kier alpha value is -1.35. The lowest BCUT2D eigenvalue weighted by Gasteiger charge is -2.18. The molecule has 1 aromatic heterocycles. The van der Waals surface area contributed by atoms with Gasteiger partial charge in [0.1, 0.15) is 5.82 Å². The first-order valence-electron chi connectivity index (χ1n) is 5.80. The van der Waals surface area contributed by atoms with E-state index in [-0.39, 0.29) is 6.04 Å². The van der Waals surface area contributed by atoms with Crippen molar-refractivity contribution in [1.29, 1.82) is 0 Å². The largest absolute Gasteiger partial charge is 0.294 e. The van der Waals surface area contributed by atoms with Crippen LogP contribution in [-0.4, -0.2) is 14.8 Å². The zero-order chi connectivity index (χ0) is 12.4. The van der Waals surface area contributed by atoms with Gasteiger partial charge in [-0.15, -0.1) is 10.2 Å². The molecule has 2 aromatic rings. The van der Waals surface area contributed by atoms with E-state index in [9.17, 15) is 0 Å². The fourth-order valence-corrected chi connectivity index (χ4v) is 2.40. The normalized spacial score (nSPS) is 12.7. The maximum atomic E-state index is 6.11. The van der Waals surface area contributed by atoms with Gasteiger partial charge < -0.3 is 0 Å². The minimum absolute atomic E-state index is 0.161. The second-order valence-electron chi connectivity index (χ2n) is 4.14. The van der Waals surface area contributed by atoms with E-state index in [0.29, 0.717) is 5.28 Å². The molecule has 0 fully saturated rings. The second-order valence-corrected chi connectivity index (χ2v) is 4.48. The number of hydrogen-bond acceptors (Lipinski definition) is 2. The van der Waals surface area contributed by atoms with Gasteiger partial charge in [0.25, 0.3) is 0 Å². The van der Waals surface area contributed by atoms with Crippen molar-refractivity contribution >= 4 is 11.6 Å². The third-order valence-corrected chi connectivity index (χ3v) is 3.32. The molecular formula is C13H16ClN3. The number of aromatic nitrogens is 3. The van der Waals surface area contributed by atoms with E-state index < -0.39 is 0 Å². The Balaban J connectivity index is 2.47. The number of rotatable bonds is 3. The zero-order valence-electron chi connectivity index (χ0n) is 10.3. The molecule has 0 N–H and O–H groups in total. The van der Waals surface area contributed by atoms with Crippen LogP contribution in [0.25, 0.3) is 0 Å². The summed E-state index contributed by atoms with van der Waals surface area (Å²) in [6, 6.07) is 8.47. The van der Waals surface area contributed by atoms with Crippen molar-refractivity contribution in [3.63, 3.8) is 0 Å². The molecule has 0 bridgehead atoms. The fourth-order valence-electron chi connectivity index (χ4n) is 2.12. The van der Waals surface area contributed by atoms with E-state index in [1.54, 1.807) is 0 Å². The Morgan fingerprint density at radius 3 is 2.65 bits per heavy atom. The predicted molar refractivity (Wildman–Crippen MR) is 69.4 cm³/mol. The summed E-state index contributed by atoms with van der Waals surface area (Å²) in [5.41, 5.74) is 2.51. The molecule has 1 atom stereocenters. The van der Waals surface area contributed by atoms with Crippen LogP contribution in [-0.2, 0) is 6.42 Å². The first kappa shape index (κ1) is 12.1. The van der Waals surface area contributed by atoms with Gasteiger partial charge in [-0.3, -0.25) is 4.57 Å². The standard InChI is InChI=1S/C13H16ClN3/c1-4-12-15-16-13(14)17(12)10(3)11-8-6-5-7-9(11)2/h5-8,10H,4H2,1-3H3. The zero-order valence-corrected chi connectivity index (χ0v) is 11.1. The van der Waals surface area contributed by atoms with Gasteiger partial charge in [-0.2, -0.15) is 0 Å². The van der Waals surface area contributed by atoms with E-state index in [4.69, 9.17) is 11.6 Å². The number of hydrogen-bond donors (Lipinski definition) is 0. The summed E-state index contributed by atoms with van der Waals surface area (Å²) < 4.78 is 1.99. The van der Waals surface area contributed by atoms with Crippen molar-refractivity contribution in [1.82, 2.24) is 14.8 Å². The van der Waals surface area contributed by atoms with Gasteiger partial charge in [0.2, 0.25) is 5.28 Å². The van der Waals surface area contributed by atoms with E-state index in [2.05, 4.69) is 43.1 Å². The summed E-state index contributed by atoms with van der Waals surface area (Å²) in [4.78, 5) is 0. The maximum absolute atomic E-state index is 6.11. The molecule has 3 nitrogen and oxygen atoms in total. The summed E-state index contributed by atoms with van der Waals surface area (Å²) in [6.07, 6.45) is 0.829. The van der Waals surface area contributed by atoms with Crippen LogP contribution in [0.5, 0.6) is 0 Å². The lowest BCUT2D eigenvalue weighted by Crippen LogP contribution is -2.11. The summed E-state index contributed by atoms with van der Waals surface area (Å²) in [5, 5.41) is 8.49. The van der Waals surface area contributed by atoms with Crippen LogP contribution in [0.3, 0.4) is 0 Å². The van der Waals surface area contributed by atoms with E-state index in [1.807, 2.05) is 16.7 Å². The van der Waals surface area contributed by atoms with Crippen LogP contribution in [0.4, 0.5) is 0 Å². The third-order valence-electron chi connectivity index (χ3n) is 3.07. The number of benzene rings is 1. The van der Waals surface area contributed by atoms with Crippen molar-refractivity contribution < 1.29 is 0 Å². The first-order chi connectivity index (χ1) is 8.15. The van der Waals surface area contributed by atoms with Gasteiger partial charge in [-0.25, -0.2) is 0 Å². The molecule has 17 heavy (non-hydrogen) atoms. The highest BCUT2D eigenvalue weighted by molar-refractivity contribution is 6.28. The highest BCUT2D eigenvalue weighted by atomic mass is 35.5. The Morgan fingerprint density at radius 1 is 1.29 bits per heavy atom. The molecule has 0 aliphatic carbocycles. The van der Waals surface area contributed by atoms with Crippen LogP contribution < -0.4 is 0 Å². The lowest BCUT2D eigenvalue weighted by atomic mass is 10.0. The van der Waals surface area contributed by atoms with Crippen molar-refractivity contribution in [3.05, 3.63) is 46.5 Å². The summed E-state index contributed by atoms with van der Waals surface area (Å²) >= 11 is 6.11. The highest BCUT2D eigenvalue weighted by Gasteiger charge is 2.17. The van der Waals surface area contributed by atoms with Gasteiger partial charge in [0.05, 0.1) is 6.04 Å². The lowest BCUT2D eigenvalue weighted by molar-refractivity contribution is 0.603. The summed E-state index contributed by atoms with van der Waals surface area (Å²) in [7, 11) is 0. The summed E-state index contributed by atoms with van der Waals surface area (Å²) in [5.74, 6) is 0.922. The molecule has 1 aromatic carbocycles. The van der Waals surface area contributed by atoms with Gasteiger partial charge in [0, 0.05) is 6.42 Å². The molecule has 0 spiro atoms. The minimum Gasteiger partial charge on any atom is -0.294 e.